The van der Waals surface area contributed by atoms with Crippen LogP contribution in [0, 0.1) is 12.8 Å². The zero-order valence-corrected chi connectivity index (χ0v) is 13.7. The molecule has 0 bridgehead atoms. The normalized spacial score (nSPS) is 11.1. The summed E-state index contributed by atoms with van der Waals surface area (Å²) in [6.45, 7) is 10.8. The van der Waals surface area contributed by atoms with Crippen molar-refractivity contribution in [3.05, 3.63) is 59.2 Å². The van der Waals surface area contributed by atoms with Gasteiger partial charge in [-0.1, -0.05) is 68.8 Å². The average Bonchev–Trinajstić information content (AvgIpc) is 2.45. The Hall–Kier alpha value is -1.60. The minimum absolute atomic E-state index is 0.694. The fraction of sp³-hybridized carbons (Fsp3) is 0.400. The summed E-state index contributed by atoms with van der Waals surface area (Å²) in [5.74, 6) is 0.694. The second-order valence-electron chi connectivity index (χ2n) is 6.24. The third-order valence-corrected chi connectivity index (χ3v) is 3.71. The molecule has 0 spiro atoms. The van der Waals surface area contributed by atoms with Crippen LogP contribution in [0.5, 0.6) is 0 Å². The van der Waals surface area contributed by atoms with Gasteiger partial charge in [-0.3, -0.25) is 0 Å². The van der Waals surface area contributed by atoms with Gasteiger partial charge in [0.05, 0.1) is 0 Å². The summed E-state index contributed by atoms with van der Waals surface area (Å²) in [6.07, 6.45) is 1.14. The van der Waals surface area contributed by atoms with E-state index in [9.17, 15) is 0 Å². The number of hydrogen-bond acceptors (Lipinski definition) is 1. The van der Waals surface area contributed by atoms with Gasteiger partial charge in [0.25, 0.3) is 0 Å². The largest absolute Gasteiger partial charge is 0.313 e. The zero-order chi connectivity index (χ0) is 15.2. The molecule has 1 nitrogen and oxygen atoms in total. The molecule has 0 radical (unpaired) electrons. The molecule has 2 aromatic rings. The molecule has 1 heteroatoms. The van der Waals surface area contributed by atoms with E-state index in [0.29, 0.717) is 5.92 Å². The second kappa shape index (κ2) is 7.42. The third kappa shape index (κ3) is 4.44. The van der Waals surface area contributed by atoms with Crippen molar-refractivity contribution in [1.82, 2.24) is 5.32 Å². The minimum atomic E-state index is 0.694. The molecular weight excluding hydrogens is 254 g/mol. The van der Waals surface area contributed by atoms with Crippen molar-refractivity contribution in [1.29, 1.82) is 0 Å². The van der Waals surface area contributed by atoms with Gasteiger partial charge >= 0.3 is 0 Å². The number of nitrogens with one attached hydrogen (secondary N) is 1. The molecule has 112 valence electrons. The monoisotopic (exact) mass is 281 g/mol. The maximum Gasteiger partial charge on any atom is 0.0211 e. The summed E-state index contributed by atoms with van der Waals surface area (Å²) in [5, 5.41) is 3.44. The summed E-state index contributed by atoms with van der Waals surface area (Å²) >= 11 is 0. The Labute approximate surface area is 129 Å². The third-order valence-electron chi connectivity index (χ3n) is 3.71. The molecule has 1 N–H and O–H groups in total. The predicted octanol–water partition coefficient (Wildman–Crippen LogP) is 4.97. The van der Waals surface area contributed by atoms with E-state index in [1.54, 1.807) is 0 Å². The van der Waals surface area contributed by atoms with Gasteiger partial charge in [-0.25, -0.2) is 0 Å². The summed E-state index contributed by atoms with van der Waals surface area (Å²) in [5.41, 5.74) is 6.83. The zero-order valence-electron chi connectivity index (χ0n) is 13.7. The molecule has 0 amide bonds. The van der Waals surface area contributed by atoms with Crippen molar-refractivity contribution >= 4 is 0 Å². The molecule has 2 rings (SSSR count). The molecule has 0 aliphatic rings. The van der Waals surface area contributed by atoms with Gasteiger partial charge in [0.15, 0.2) is 0 Å². The van der Waals surface area contributed by atoms with E-state index in [1.165, 1.54) is 27.8 Å². The Morgan fingerprint density at radius 1 is 1.05 bits per heavy atom. The molecule has 0 atom stereocenters. The Bertz CT molecular complexity index is 584. The first-order valence-electron chi connectivity index (χ1n) is 7.99. The van der Waals surface area contributed by atoms with Crippen LogP contribution in [0.25, 0.3) is 11.1 Å². The molecule has 0 unspecified atom stereocenters. The molecule has 0 aliphatic heterocycles. The quantitative estimate of drug-likeness (QED) is 0.788. The minimum Gasteiger partial charge on any atom is -0.313 e. The van der Waals surface area contributed by atoms with Crippen LogP contribution in [-0.2, 0) is 13.0 Å². The topological polar surface area (TPSA) is 12.0 Å². The number of rotatable bonds is 6. The summed E-state index contributed by atoms with van der Waals surface area (Å²) in [4.78, 5) is 0. The van der Waals surface area contributed by atoms with Gasteiger partial charge in [0, 0.05) is 6.54 Å². The van der Waals surface area contributed by atoms with Crippen molar-refractivity contribution < 1.29 is 0 Å². The lowest BCUT2D eigenvalue weighted by Crippen LogP contribution is -2.12. The highest BCUT2D eigenvalue weighted by molar-refractivity contribution is 5.68. The van der Waals surface area contributed by atoms with E-state index in [4.69, 9.17) is 0 Å². The van der Waals surface area contributed by atoms with Crippen molar-refractivity contribution in [3.63, 3.8) is 0 Å². The van der Waals surface area contributed by atoms with Crippen molar-refractivity contribution in [2.24, 2.45) is 5.92 Å². The molecule has 2 aromatic carbocycles. The fourth-order valence-electron chi connectivity index (χ4n) is 2.71. The van der Waals surface area contributed by atoms with Crippen LogP contribution >= 0.6 is 0 Å². The van der Waals surface area contributed by atoms with E-state index >= 15 is 0 Å². The lowest BCUT2D eigenvalue weighted by Gasteiger charge is -2.13. The highest BCUT2D eigenvalue weighted by Crippen LogP contribution is 2.26. The number of hydrogen-bond donors (Lipinski definition) is 1. The van der Waals surface area contributed by atoms with Gasteiger partial charge in [-0.05, 0) is 48.1 Å². The molecule has 21 heavy (non-hydrogen) atoms. The second-order valence-corrected chi connectivity index (χ2v) is 6.24. The smallest absolute Gasteiger partial charge is 0.0211 e. The Morgan fingerprint density at radius 2 is 1.86 bits per heavy atom. The standard InChI is InChI=1S/C20H27N/c1-5-21-14-19-10-9-16(4)12-20(19)18-8-6-7-17(13-18)11-15(2)3/h6-10,12-13,15,21H,5,11,14H2,1-4H3. The summed E-state index contributed by atoms with van der Waals surface area (Å²) in [7, 11) is 0. The van der Waals surface area contributed by atoms with Gasteiger partial charge < -0.3 is 5.32 Å². The van der Waals surface area contributed by atoms with Crippen LogP contribution in [0.2, 0.25) is 0 Å². The molecule has 0 fully saturated rings. The number of benzene rings is 2. The molecule has 0 saturated carbocycles. The van der Waals surface area contributed by atoms with Crippen LogP contribution in [0.1, 0.15) is 37.5 Å². The van der Waals surface area contributed by atoms with Crippen molar-refractivity contribution in [2.75, 3.05) is 6.54 Å². The molecular formula is C20H27N. The van der Waals surface area contributed by atoms with Gasteiger partial charge in [0.2, 0.25) is 0 Å². The molecule has 0 aliphatic carbocycles. The molecule has 0 heterocycles. The Kier molecular flexibility index (Phi) is 5.58. The van der Waals surface area contributed by atoms with E-state index in [1.807, 2.05) is 0 Å². The number of aryl methyl sites for hydroxylation is 1. The van der Waals surface area contributed by atoms with Crippen molar-refractivity contribution in [2.45, 2.75) is 40.7 Å². The summed E-state index contributed by atoms with van der Waals surface area (Å²) < 4.78 is 0. The summed E-state index contributed by atoms with van der Waals surface area (Å²) in [6, 6.07) is 15.8. The maximum absolute atomic E-state index is 3.44. The molecule has 0 aromatic heterocycles. The van der Waals surface area contributed by atoms with Crippen molar-refractivity contribution in [3.8, 4) is 11.1 Å². The van der Waals surface area contributed by atoms with Gasteiger partial charge in [-0.15, -0.1) is 0 Å². The molecule has 0 saturated heterocycles. The SMILES string of the molecule is CCNCc1ccc(C)cc1-c1cccc(CC(C)C)c1. The maximum atomic E-state index is 3.44. The van der Waals surface area contributed by atoms with Gasteiger partial charge in [0.1, 0.15) is 0 Å². The average molecular weight is 281 g/mol. The van der Waals surface area contributed by atoms with E-state index in [-0.39, 0.29) is 0 Å². The lowest BCUT2D eigenvalue weighted by molar-refractivity contribution is 0.647. The van der Waals surface area contributed by atoms with Crippen LogP contribution in [0.3, 0.4) is 0 Å². The van der Waals surface area contributed by atoms with Gasteiger partial charge in [-0.2, -0.15) is 0 Å². The van der Waals surface area contributed by atoms with E-state index < -0.39 is 0 Å². The van der Waals surface area contributed by atoms with Crippen LogP contribution in [0.4, 0.5) is 0 Å². The van der Waals surface area contributed by atoms with Crippen LogP contribution in [-0.4, -0.2) is 6.54 Å². The first-order valence-corrected chi connectivity index (χ1v) is 7.99. The van der Waals surface area contributed by atoms with E-state index in [2.05, 4.69) is 75.5 Å². The fourth-order valence-corrected chi connectivity index (χ4v) is 2.71. The highest BCUT2D eigenvalue weighted by Gasteiger charge is 2.07. The highest BCUT2D eigenvalue weighted by atomic mass is 14.8. The predicted molar refractivity (Wildman–Crippen MR) is 92.5 cm³/mol. The van der Waals surface area contributed by atoms with Crippen LogP contribution < -0.4 is 5.32 Å². The lowest BCUT2D eigenvalue weighted by atomic mass is 9.94. The first kappa shape index (κ1) is 15.8. The van der Waals surface area contributed by atoms with Crippen LogP contribution in [0.15, 0.2) is 42.5 Å². The first-order chi connectivity index (χ1) is 10.1. The Morgan fingerprint density at radius 3 is 2.57 bits per heavy atom. The van der Waals surface area contributed by atoms with E-state index in [0.717, 1.165) is 19.5 Å². The Balaban J connectivity index is 2.37.